The molecule has 59 heavy (non-hydrogen) atoms. The molecule has 21 heteroatoms. The van der Waals surface area contributed by atoms with E-state index in [9.17, 15) is 26.4 Å². The van der Waals surface area contributed by atoms with E-state index in [2.05, 4.69) is 40.4 Å². The van der Waals surface area contributed by atoms with Crippen LogP contribution in [0.25, 0.3) is 0 Å². The molecule has 0 bridgehead atoms. The first-order valence-corrected chi connectivity index (χ1v) is 19.8. The molecule has 0 unspecified atom stereocenters. The first-order chi connectivity index (χ1) is 26.7. The number of nitrogens with zero attached hydrogens (tertiary/aromatic N) is 4. The Morgan fingerprint density at radius 1 is 0.542 bits per heavy atom. The molecule has 16 nitrogen and oxygen atoms in total. The van der Waals surface area contributed by atoms with Crippen molar-refractivity contribution in [2.45, 2.75) is 37.5 Å². The Hall–Kier alpha value is -5.72. The summed E-state index contributed by atoms with van der Waals surface area (Å²) in [5, 5.41) is 13.0. The van der Waals surface area contributed by atoms with Gasteiger partial charge in [0.1, 0.15) is 11.4 Å². The van der Waals surface area contributed by atoms with E-state index >= 15 is 0 Å². The predicted molar refractivity (Wildman–Crippen MR) is 209 cm³/mol. The summed E-state index contributed by atoms with van der Waals surface area (Å²) in [7, 11) is -7.67. The molecule has 0 saturated heterocycles. The van der Waals surface area contributed by atoms with Gasteiger partial charge >= 0.3 is 19.5 Å². The Kier molecular flexibility index (Phi) is 14.4. The molecule has 0 radical (unpaired) electrons. The summed E-state index contributed by atoms with van der Waals surface area (Å²) >= 11 is 0. The van der Waals surface area contributed by atoms with Crippen molar-refractivity contribution in [1.29, 1.82) is 0 Å². The number of hydrogen-bond donors (Lipinski definition) is 4. The van der Waals surface area contributed by atoms with Gasteiger partial charge in [0.05, 0.1) is 43.9 Å². The first-order valence-electron chi connectivity index (χ1n) is 16.8. The summed E-state index contributed by atoms with van der Waals surface area (Å²) in [6, 6.07) is 26.3. The summed E-state index contributed by atoms with van der Waals surface area (Å²) in [5.74, 6) is -0.423. The van der Waals surface area contributed by atoms with Crippen molar-refractivity contribution in [2.75, 3.05) is 20.1 Å². The number of hydrogen-bond acceptors (Lipinski definition) is 12. The number of fused-ring (bicyclic) bond motifs is 2. The second-order valence-electron chi connectivity index (χ2n) is 12.6. The second kappa shape index (κ2) is 18.5. The molecule has 6 aromatic rings. The molecule has 2 aromatic heterocycles. The second-order valence-corrected chi connectivity index (χ2v) is 15.9. The van der Waals surface area contributed by atoms with E-state index in [1.165, 1.54) is 48.5 Å². The van der Waals surface area contributed by atoms with Gasteiger partial charge in [0, 0.05) is 22.3 Å². The van der Waals surface area contributed by atoms with Crippen LogP contribution >= 0.6 is 0 Å². The standard InChI is InChI=1S/2C19H16N4O4S.2ClH.Zn/c2*1-11-12(2)22-27-19(11)23-28(25,26)14-9-7-13(8-10-14)20-17-15-5-3-4-6-16(15)21-18(17)24;;;/h2*3-10,23H,1-2H3,(H,20,21,24);2*1H;/q;;;;+2/p-2. The van der Waals surface area contributed by atoms with Crippen molar-refractivity contribution in [2.24, 2.45) is 9.98 Å². The van der Waals surface area contributed by atoms with Crippen LogP contribution in [0, 0.1) is 27.7 Å². The molecule has 2 amide bonds. The minimum atomic E-state index is -3.84. The van der Waals surface area contributed by atoms with Gasteiger partial charge in [-0.2, -0.15) is 0 Å². The number of anilines is 4. The number of aryl methyl sites for hydroxylation is 2. The third-order valence-corrected chi connectivity index (χ3v) is 11.5. The van der Waals surface area contributed by atoms with Crippen molar-refractivity contribution in [3.05, 3.63) is 131 Å². The van der Waals surface area contributed by atoms with Crippen molar-refractivity contribution in [1.82, 2.24) is 10.3 Å². The number of benzene rings is 4. The summed E-state index contributed by atoms with van der Waals surface area (Å²) in [5.41, 5.74) is 6.80. The van der Waals surface area contributed by atoms with Crippen LogP contribution in [-0.2, 0) is 49.1 Å². The molecule has 4 N–H and O–H groups in total. The zero-order valence-corrected chi connectivity index (χ0v) is 37.7. The maximum absolute atomic E-state index is 12.5. The zero-order valence-electron chi connectivity index (χ0n) is 31.6. The van der Waals surface area contributed by atoms with Crippen molar-refractivity contribution in [3.63, 3.8) is 0 Å². The van der Waals surface area contributed by atoms with Crippen LogP contribution in [0.1, 0.15) is 33.6 Å². The van der Waals surface area contributed by atoms with E-state index in [4.69, 9.17) is 9.05 Å². The quantitative estimate of drug-likeness (QED) is 0.153. The number of nitrogens with one attached hydrogen (secondary N) is 4. The smallest absolute Gasteiger partial charge is 1.00 e. The fourth-order valence-corrected chi connectivity index (χ4v) is 7.56. The topological polar surface area (TPSA) is 227 Å². The van der Waals surface area contributed by atoms with E-state index in [0.29, 0.717) is 56.4 Å². The number of carbonyl (C=O) groups excluding carboxylic acids is 2. The monoisotopic (exact) mass is 926 g/mol. The molecule has 300 valence electrons. The maximum Gasteiger partial charge on any atom is 2.00 e. The molecule has 0 saturated carbocycles. The van der Waals surface area contributed by atoms with Crippen LogP contribution in [0.4, 0.5) is 34.5 Å². The third kappa shape index (κ3) is 9.78. The third-order valence-electron chi connectivity index (χ3n) is 8.84. The van der Waals surface area contributed by atoms with E-state index in [0.717, 1.165) is 0 Å². The molecule has 4 aromatic carbocycles. The van der Waals surface area contributed by atoms with Gasteiger partial charge in [-0.3, -0.25) is 9.59 Å². The van der Waals surface area contributed by atoms with Crippen LogP contribution < -0.4 is 44.9 Å². The van der Waals surface area contributed by atoms with Gasteiger partial charge in [-0.25, -0.2) is 36.3 Å². The van der Waals surface area contributed by atoms with Crippen LogP contribution in [0.2, 0.25) is 0 Å². The molecule has 0 fully saturated rings. The van der Waals surface area contributed by atoms with E-state index in [1.54, 1.807) is 52.0 Å². The molecule has 2 aliphatic heterocycles. The molecule has 0 aliphatic carbocycles. The van der Waals surface area contributed by atoms with Gasteiger partial charge in [0.25, 0.3) is 31.9 Å². The van der Waals surface area contributed by atoms with Gasteiger partial charge in [-0.1, -0.05) is 46.7 Å². The minimum Gasteiger partial charge on any atom is -1.00 e. The average molecular weight is 929 g/mol. The number of para-hydroxylation sites is 2. The fraction of sp³-hybridized carbons (Fsp3) is 0.105. The van der Waals surface area contributed by atoms with E-state index in [1.807, 2.05) is 24.3 Å². The average Bonchev–Trinajstić information content (AvgIpc) is 3.88. The largest absolute Gasteiger partial charge is 2.00 e. The number of rotatable bonds is 8. The van der Waals surface area contributed by atoms with Gasteiger partial charge < -0.3 is 44.5 Å². The Bertz CT molecular complexity index is 2640. The molecular formula is C38H32Cl2N8O8S2Zn. The van der Waals surface area contributed by atoms with Crippen LogP contribution in [-0.4, -0.2) is 50.4 Å². The Morgan fingerprint density at radius 3 is 1.20 bits per heavy atom. The normalized spacial score (nSPS) is 14.0. The Morgan fingerprint density at radius 2 is 0.881 bits per heavy atom. The summed E-state index contributed by atoms with van der Waals surface area (Å²) in [4.78, 5) is 33.1. The van der Waals surface area contributed by atoms with E-state index < -0.39 is 20.0 Å². The zero-order chi connectivity index (χ0) is 39.8. The number of amides is 2. The number of halogens is 2. The maximum atomic E-state index is 12.5. The van der Waals surface area contributed by atoms with Gasteiger partial charge in [0.2, 0.25) is 11.8 Å². The van der Waals surface area contributed by atoms with Gasteiger partial charge in [-0.15, -0.1) is 0 Å². The summed E-state index contributed by atoms with van der Waals surface area (Å²) in [6.07, 6.45) is 0. The number of aromatic nitrogens is 2. The van der Waals surface area contributed by atoms with Gasteiger partial charge in [-0.05, 0) is 88.4 Å². The Labute approximate surface area is 364 Å². The van der Waals surface area contributed by atoms with Crippen molar-refractivity contribution < 1.29 is 79.8 Å². The minimum absolute atomic E-state index is 0. The molecule has 2 aliphatic rings. The van der Waals surface area contributed by atoms with Crippen LogP contribution in [0.5, 0.6) is 0 Å². The molecule has 4 heterocycles. The Balaban J connectivity index is 0.000000248. The first kappa shape index (κ1) is 46.0. The van der Waals surface area contributed by atoms with Crippen molar-refractivity contribution >= 4 is 77.8 Å². The van der Waals surface area contributed by atoms with Crippen molar-refractivity contribution in [3.8, 4) is 0 Å². The molecule has 8 rings (SSSR count). The molecule has 0 spiro atoms. The predicted octanol–water partition coefficient (Wildman–Crippen LogP) is 0.336. The fourth-order valence-electron chi connectivity index (χ4n) is 5.47. The molecule has 0 atom stereocenters. The summed E-state index contributed by atoms with van der Waals surface area (Å²) in [6.45, 7) is 6.88. The SMILES string of the molecule is Cc1noc(NS(=O)(=O)c2ccc(N=C3C(=O)Nc4ccccc43)cc2)c1C.Cc1noc(NS(=O)(=O)c2ccc(N=C3C(=O)Nc4ccccc43)cc2)c1C.[Cl-].[Cl-].[Zn+2]. The summed E-state index contributed by atoms with van der Waals surface area (Å²) < 4.78 is 64.9. The number of carbonyl (C=O) groups is 2. The number of sulfonamides is 2. The number of aliphatic imine (C=N–C) groups is 2. The van der Waals surface area contributed by atoms with Gasteiger partial charge in [0.15, 0.2) is 0 Å². The molecular weight excluding hydrogens is 897 g/mol. The van der Waals surface area contributed by atoms with Crippen LogP contribution in [0.15, 0.2) is 126 Å². The van der Waals surface area contributed by atoms with E-state index in [-0.39, 0.29) is 89.1 Å². The van der Waals surface area contributed by atoms with Crippen LogP contribution in [0.3, 0.4) is 0 Å².